The Labute approximate surface area is 87.7 Å². The van der Waals surface area contributed by atoms with Crippen LogP contribution in [0.25, 0.3) is 0 Å². The van der Waals surface area contributed by atoms with Gasteiger partial charge in [-0.3, -0.25) is 4.55 Å². The van der Waals surface area contributed by atoms with Gasteiger partial charge in [-0.25, -0.2) is 8.42 Å². The molecule has 0 saturated carbocycles. The Balaban J connectivity index is 3.46. The molecule has 15 heavy (non-hydrogen) atoms. The van der Waals surface area contributed by atoms with Crippen LogP contribution in [0.3, 0.4) is 0 Å². The van der Waals surface area contributed by atoms with Crippen LogP contribution in [-0.4, -0.2) is 21.4 Å². The monoisotopic (exact) mass is 247 g/mol. The SMILES string of the molecule is C=CS(=O)(=O)c1cc[c]c(S(=O)(=O)O)c1. The Morgan fingerprint density at radius 1 is 1.33 bits per heavy atom. The van der Waals surface area contributed by atoms with E-state index in [9.17, 15) is 16.8 Å². The lowest BCUT2D eigenvalue weighted by Gasteiger charge is -2.00. The molecule has 0 heterocycles. The number of hydrogen-bond acceptors (Lipinski definition) is 4. The van der Waals surface area contributed by atoms with E-state index in [0.717, 1.165) is 18.2 Å². The van der Waals surface area contributed by atoms with E-state index in [1.54, 1.807) is 0 Å². The predicted molar refractivity (Wildman–Crippen MR) is 52.5 cm³/mol. The average Bonchev–Trinajstić information content (AvgIpc) is 2.17. The first-order valence-electron chi connectivity index (χ1n) is 3.64. The van der Waals surface area contributed by atoms with E-state index >= 15 is 0 Å². The number of rotatable bonds is 3. The molecule has 5 nitrogen and oxygen atoms in total. The molecule has 0 aromatic heterocycles. The third-order valence-electron chi connectivity index (χ3n) is 1.57. The van der Waals surface area contributed by atoms with Crippen molar-refractivity contribution in [2.24, 2.45) is 0 Å². The first kappa shape index (κ1) is 11.9. The van der Waals surface area contributed by atoms with Gasteiger partial charge in [-0.15, -0.1) is 0 Å². The molecule has 0 saturated heterocycles. The van der Waals surface area contributed by atoms with Gasteiger partial charge in [0, 0.05) is 11.5 Å². The second kappa shape index (κ2) is 3.76. The fourth-order valence-electron chi connectivity index (χ4n) is 0.847. The highest BCUT2D eigenvalue weighted by Gasteiger charge is 2.15. The van der Waals surface area contributed by atoms with Gasteiger partial charge >= 0.3 is 0 Å². The lowest BCUT2D eigenvalue weighted by Crippen LogP contribution is -2.01. The molecule has 7 heteroatoms. The minimum atomic E-state index is -4.45. The van der Waals surface area contributed by atoms with E-state index in [4.69, 9.17) is 4.55 Å². The fourth-order valence-corrected chi connectivity index (χ4v) is 2.15. The quantitative estimate of drug-likeness (QED) is 0.792. The molecule has 0 bridgehead atoms. The highest BCUT2D eigenvalue weighted by molar-refractivity contribution is 7.94. The predicted octanol–water partition coefficient (Wildman–Crippen LogP) is 0.651. The third kappa shape index (κ3) is 2.65. The molecule has 81 valence electrons. The molecule has 0 spiro atoms. The molecule has 0 aliphatic carbocycles. The van der Waals surface area contributed by atoms with Crippen LogP contribution in [0.4, 0.5) is 0 Å². The summed E-state index contributed by atoms with van der Waals surface area (Å²) in [6, 6.07) is 5.28. The maximum absolute atomic E-state index is 11.3. The van der Waals surface area contributed by atoms with Gasteiger partial charge in [0.1, 0.15) is 4.90 Å². The van der Waals surface area contributed by atoms with Crippen molar-refractivity contribution in [3.8, 4) is 0 Å². The summed E-state index contributed by atoms with van der Waals surface area (Å²) in [4.78, 5) is -0.852. The van der Waals surface area contributed by atoms with E-state index in [1.807, 2.05) is 0 Å². The lowest BCUT2D eigenvalue weighted by molar-refractivity contribution is 0.483. The summed E-state index contributed by atoms with van der Waals surface area (Å²) in [5, 5.41) is 0.691. The molecule has 0 unspecified atom stereocenters. The Bertz CT molecular complexity index is 583. The van der Waals surface area contributed by atoms with Crippen LogP contribution in [0.2, 0.25) is 0 Å². The first-order valence-corrected chi connectivity index (χ1v) is 6.63. The van der Waals surface area contributed by atoms with Crippen LogP contribution in [0.5, 0.6) is 0 Å². The van der Waals surface area contributed by atoms with Crippen LogP contribution < -0.4 is 0 Å². The van der Waals surface area contributed by atoms with E-state index in [0.29, 0.717) is 5.41 Å². The van der Waals surface area contributed by atoms with E-state index in [-0.39, 0.29) is 4.90 Å². The molecule has 1 N–H and O–H groups in total. The van der Waals surface area contributed by atoms with Gasteiger partial charge in [-0.2, -0.15) is 8.42 Å². The maximum atomic E-state index is 11.3. The van der Waals surface area contributed by atoms with E-state index in [2.05, 4.69) is 12.6 Å². The van der Waals surface area contributed by atoms with Crippen molar-refractivity contribution in [2.75, 3.05) is 0 Å². The molecule has 1 radical (unpaired) electrons. The number of sulfone groups is 1. The van der Waals surface area contributed by atoms with Gasteiger partial charge < -0.3 is 0 Å². The van der Waals surface area contributed by atoms with Gasteiger partial charge in [0.25, 0.3) is 10.1 Å². The smallest absolute Gasteiger partial charge is 0.282 e. The molecule has 0 amide bonds. The maximum Gasteiger partial charge on any atom is 0.295 e. The van der Waals surface area contributed by atoms with Crippen LogP contribution in [0.1, 0.15) is 0 Å². The summed E-state index contributed by atoms with van der Waals surface area (Å²) in [5.74, 6) is 0. The Kier molecular flexibility index (Phi) is 2.98. The van der Waals surface area contributed by atoms with Crippen LogP contribution in [0.15, 0.2) is 40.0 Å². The van der Waals surface area contributed by atoms with Crippen molar-refractivity contribution in [3.63, 3.8) is 0 Å². The van der Waals surface area contributed by atoms with Crippen molar-refractivity contribution >= 4 is 20.0 Å². The molecular weight excluding hydrogens is 240 g/mol. The van der Waals surface area contributed by atoms with Crippen LogP contribution in [0, 0.1) is 6.07 Å². The van der Waals surface area contributed by atoms with Gasteiger partial charge in [0.05, 0.1) is 4.90 Å². The topological polar surface area (TPSA) is 88.5 Å². The zero-order valence-corrected chi connectivity index (χ0v) is 9.05. The summed E-state index contributed by atoms with van der Waals surface area (Å²) in [5.41, 5.74) is 0. The zero-order valence-electron chi connectivity index (χ0n) is 7.41. The lowest BCUT2D eigenvalue weighted by atomic mass is 10.4. The minimum Gasteiger partial charge on any atom is -0.282 e. The van der Waals surface area contributed by atoms with Gasteiger partial charge in [-0.05, 0) is 12.1 Å². The Hall–Kier alpha value is -1.18. The highest BCUT2D eigenvalue weighted by Crippen LogP contribution is 2.16. The van der Waals surface area contributed by atoms with Crippen LogP contribution >= 0.6 is 0 Å². The van der Waals surface area contributed by atoms with E-state index < -0.39 is 24.9 Å². The molecule has 0 atom stereocenters. The van der Waals surface area contributed by atoms with Gasteiger partial charge in [0.2, 0.25) is 0 Å². The second-order valence-electron chi connectivity index (χ2n) is 2.58. The van der Waals surface area contributed by atoms with Crippen molar-refractivity contribution < 1.29 is 21.4 Å². The van der Waals surface area contributed by atoms with Crippen molar-refractivity contribution in [3.05, 3.63) is 36.3 Å². The van der Waals surface area contributed by atoms with Crippen molar-refractivity contribution in [1.82, 2.24) is 0 Å². The van der Waals surface area contributed by atoms with Crippen molar-refractivity contribution in [1.29, 1.82) is 0 Å². The highest BCUT2D eigenvalue weighted by atomic mass is 32.2. The Morgan fingerprint density at radius 2 is 1.93 bits per heavy atom. The second-order valence-corrected chi connectivity index (χ2v) is 5.86. The van der Waals surface area contributed by atoms with Gasteiger partial charge in [0.15, 0.2) is 9.84 Å². The van der Waals surface area contributed by atoms with Crippen molar-refractivity contribution in [2.45, 2.75) is 9.79 Å². The zero-order chi connectivity index (χ0) is 11.7. The first-order chi connectivity index (χ1) is 6.77. The number of benzene rings is 1. The standard InChI is InChI=1S/C8H7O5S2/c1-2-14(9,10)7-4-3-5-8(6-7)15(11,12)13/h2-4,6H,1H2,(H,11,12,13). The third-order valence-corrected chi connectivity index (χ3v) is 3.71. The minimum absolute atomic E-state index is 0.260. The molecule has 1 aromatic carbocycles. The normalized spacial score (nSPS) is 12.3. The largest absolute Gasteiger partial charge is 0.295 e. The average molecular weight is 247 g/mol. The summed E-state index contributed by atoms with van der Waals surface area (Å²) in [6.45, 7) is 3.09. The number of hydrogen-bond donors (Lipinski definition) is 1. The fraction of sp³-hybridized carbons (Fsp3) is 0. The molecule has 1 rings (SSSR count). The summed E-state index contributed by atoms with van der Waals surface area (Å²) in [7, 11) is -8.16. The summed E-state index contributed by atoms with van der Waals surface area (Å²) >= 11 is 0. The van der Waals surface area contributed by atoms with E-state index in [1.165, 1.54) is 0 Å². The molecule has 0 fully saturated rings. The molecule has 0 aliphatic heterocycles. The summed E-state index contributed by atoms with van der Waals surface area (Å²) in [6.07, 6.45) is 0. The molecule has 1 aromatic rings. The summed E-state index contributed by atoms with van der Waals surface area (Å²) < 4.78 is 52.6. The van der Waals surface area contributed by atoms with Crippen LogP contribution in [-0.2, 0) is 20.0 Å². The molecule has 0 aliphatic rings. The Morgan fingerprint density at radius 3 is 2.40 bits per heavy atom. The molecular formula is C8H7O5S2. The van der Waals surface area contributed by atoms with Gasteiger partial charge in [-0.1, -0.05) is 12.6 Å².